The van der Waals surface area contributed by atoms with Gasteiger partial charge < -0.3 is 10.2 Å². The quantitative estimate of drug-likeness (QED) is 0.887. The van der Waals surface area contributed by atoms with Crippen molar-refractivity contribution in [2.24, 2.45) is 0 Å². The van der Waals surface area contributed by atoms with Crippen LogP contribution in [-0.2, 0) is 0 Å². The Morgan fingerprint density at radius 3 is 1.92 bits per heavy atom. The molecule has 1 aromatic carbocycles. The van der Waals surface area contributed by atoms with Gasteiger partial charge in [0.15, 0.2) is 0 Å². The molecular weight excluding hydrogens is 300 g/mol. The molecule has 24 heavy (non-hydrogen) atoms. The molecule has 0 radical (unpaired) electrons. The van der Waals surface area contributed by atoms with Gasteiger partial charge in [-0.1, -0.05) is 19.3 Å². The molecule has 1 aromatic rings. The minimum Gasteiger partial charge on any atom is -0.349 e. The second kappa shape index (κ2) is 8.32. The lowest BCUT2D eigenvalue weighted by molar-refractivity contribution is 0.0643. The van der Waals surface area contributed by atoms with Crippen molar-refractivity contribution in [1.29, 1.82) is 0 Å². The van der Waals surface area contributed by atoms with Crippen LogP contribution in [0.5, 0.6) is 0 Å². The number of rotatable bonds is 5. The lowest BCUT2D eigenvalue weighted by Crippen LogP contribution is -2.42. The van der Waals surface area contributed by atoms with Gasteiger partial charge in [-0.25, -0.2) is 0 Å². The van der Waals surface area contributed by atoms with Crippen molar-refractivity contribution < 1.29 is 9.59 Å². The molecule has 1 aliphatic carbocycles. The third kappa shape index (κ3) is 4.59. The fourth-order valence-electron chi connectivity index (χ4n) is 3.49. The highest BCUT2D eigenvalue weighted by Crippen LogP contribution is 2.18. The van der Waals surface area contributed by atoms with Crippen LogP contribution in [0.4, 0.5) is 0 Å². The molecule has 1 N–H and O–H groups in total. The van der Waals surface area contributed by atoms with Gasteiger partial charge in [0.25, 0.3) is 11.8 Å². The minimum atomic E-state index is -0.0366. The van der Waals surface area contributed by atoms with E-state index in [0.29, 0.717) is 17.2 Å². The van der Waals surface area contributed by atoms with Crippen LogP contribution in [0.15, 0.2) is 24.3 Å². The van der Waals surface area contributed by atoms with E-state index in [0.717, 1.165) is 12.8 Å². The second-order valence-electron chi connectivity index (χ2n) is 7.29. The SMILES string of the molecule is CC(C)N(C(=O)c1ccc(C(=O)NC2CCCCC2)cc1)C(C)C. The first-order valence-electron chi connectivity index (χ1n) is 9.13. The lowest BCUT2D eigenvalue weighted by Gasteiger charge is -2.30. The first kappa shape index (κ1) is 18.5. The van der Waals surface area contributed by atoms with Crippen LogP contribution >= 0.6 is 0 Å². The van der Waals surface area contributed by atoms with E-state index in [9.17, 15) is 9.59 Å². The Bertz CT molecular complexity index is 550. The molecule has 0 aliphatic heterocycles. The number of carbonyl (C=O) groups is 2. The maximum atomic E-state index is 12.7. The van der Waals surface area contributed by atoms with E-state index in [4.69, 9.17) is 0 Å². The second-order valence-corrected chi connectivity index (χ2v) is 7.29. The summed E-state index contributed by atoms with van der Waals surface area (Å²) in [6, 6.07) is 7.61. The van der Waals surface area contributed by atoms with Crippen molar-refractivity contribution >= 4 is 11.8 Å². The first-order valence-corrected chi connectivity index (χ1v) is 9.13. The molecule has 0 heterocycles. The van der Waals surface area contributed by atoms with Crippen molar-refractivity contribution in [2.75, 3.05) is 0 Å². The van der Waals surface area contributed by atoms with Crippen LogP contribution in [-0.4, -0.2) is 34.8 Å². The van der Waals surface area contributed by atoms with Crippen molar-refractivity contribution in [2.45, 2.75) is 77.9 Å². The van der Waals surface area contributed by atoms with Gasteiger partial charge in [-0.2, -0.15) is 0 Å². The Kier molecular flexibility index (Phi) is 6.41. The fourth-order valence-corrected chi connectivity index (χ4v) is 3.49. The molecule has 1 saturated carbocycles. The van der Waals surface area contributed by atoms with E-state index in [-0.39, 0.29) is 23.9 Å². The molecule has 2 rings (SSSR count). The van der Waals surface area contributed by atoms with Gasteiger partial charge >= 0.3 is 0 Å². The Hall–Kier alpha value is -1.84. The smallest absolute Gasteiger partial charge is 0.254 e. The predicted molar refractivity (Wildman–Crippen MR) is 97.2 cm³/mol. The maximum Gasteiger partial charge on any atom is 0.254 e. The topological polar surface area (TPSA) is 49.4 Å². The summed E-state index contributed by atoms with van der Waals surface area (Å²) in [6.45, 7) is 8.07. The van der Waals surface area contributed by atoms with E-state index >= 15 is 0 Å². The van der Waals surface area contributed by atoms with Crippen LogP contribution in [0.25, 0.3) is 0 Å². The normalized spacial score (nSPS) is 15.6. The first-order chi connectivity index (χ1) is 11.4. The van der Waals surface area contributed by atoms with Crippen LogP contribution in [0.1, 0.15) is 80.5 Å². The van der Waals surface area contributed by atoms with E-state index in [2.05, 4.69) is 5.32 Å². The molecular formula is C20H30N2O2. The number of amides is 2. The summed E-state index contributed by atoms with van der Waals surface area (Å²) in [5.74, 6) is -0.0234. The fraction of sp³-hybridized carbons (Fsp3) is 0.600. The molecule has 4 heteroatoms. The highest BCUT2D eigenvalue weighted by molar-refractivity contribution is 5.98. The van der Waals surface area contributed by atoms with E-state index in [1.54, 1.807) is 24.3 Å². The van der Waals surface area contributed by atoms with Crippen molar-refractivity contribution in [3.8, 4) is 0 Å². The summed E-state index contributed by atoms with van der Waals surface area (Å²) < 4.78 is 0. The molecule has 4 nitrogen and oxygen atoms in total. The van der Waals surface area contributed by atoms with Gasteiger partial charge in [0, 0.05) is 29.3 Å². The Labute approximate surface area is 145 Å². The molecule has 0 unspecified atom stereocenters. The van der Waals surface area contributed by atoms with Gasteiger partial charge in [-0.3, -0.25) is 9.59 Å². The highest BCUT2D eigenvalue weighted by atomic mass is 16.2. The summed E-state index contributed by atoms with van der Waals surface area (Å²) >= 11 is 0. The van der Waals surface area contributed by atoms with Crippen LogP contribution in [0, 0.1) is 0 Å². The molecule has 1 aliphatic rings. The number of nitrogens with zero attached hydrogens (tertiary/aromatic N) is 1. The van der Waals surface area contributed by atoms with Crippen molar-refractivity contribution in [3.63, 3.8) is 0 Å². The predicted octanol–water partition coefficient (Wildman–Crippen LogP) is 4.01. The third-order valence-corrected chi connectivity index (χ3v) is 4.68. The molecule has 132 valence electrons. The van der Waals surface area contributed by atoms with Crippen LogP contribution in [0.3, 0.4) is 0 Å². The Morgan fingerprint density at radius 1 is 0.917 bits per heavy atom. The maximum absolute atomic E-state index is 12.7. The summed E-state index contributed by atoms with van der Waals surface area (Å²) in [6.07, 6.45) is 5.79. The van der Waals surface area contributed by atoms with E-state index in [1.807, 2.05) is 32.6 Å². The average molecular weight is 330 g/mol. The van der Waals surface area contributed by atoms with Gasteiger partial charge in [-0.05, 0) is 64.8 Å². The number of hydrogen-bond donors (Lipinski definition) is 1. The summed E-state index contributed by atoms with van der Waals surface area (Å²) in [7, 11) is 0. The minimum absolute atomic E-state index is 0.0132. The molecule has 0 bridgehead atoms. The molecule has 0 atom stereocenters. The van der Waals surface area contributed by atoms with Crippen molar-refractivity contribution in [3.05, 3.63) is 35.4 Å². The summed E-state index contributed by atoms with van der Waals surface area (Å²) in [5.41, 5.74) is 1.25. The number of carbonyl (C=O) groups excluding carboxylic acids is 2. The van der Waals surface area contributed by atoms with Crippen molar-refractivity contribution in [1.82, 2.24) is 10.2 Å². The van der Waals surface area contributed by atoms with Gasteiger partial charge in [0.2, 0.25) is 0 Å². The number of nitrogens with one attached hydrogen (secondary N) is 1. The number of benzene rings is 1. The molecule has 2 amide bonds. The standard InChI is InChI=1S/C20H30N2O2/c1-14(2)22(15(3)4)20(24)17-12-10-16(11-13-17)19(23)21-18-8-6-5-7-9-18/h10-15,18H,5-9H2,1-4H3,(H,21,23). The largest absolute Gasteiger partial charge is 0.349 e. The molecule has 0 spiro atoms. The monoisotopic (exact) mass is 330 g/mol. The Morgan fingerprint density at radius 2 is 1.42 bits per heavy atom. The molecule has 1 fully saturated rings. The Balaban J connectivity index is 2.03. The summed E-state index contributed by atoms with van der Waals surface area (Å²) in [4.78, 5) is 26.8. The zero-order chi connectivity index (χ0) is 17.7. The summed E-state index contributed by atoms with van der Waals surface area (Å²) in [5, 5.41) is 3.11. The lowest BCUT2D eigenvalue weighted by atomic mass is 9.95. The molecule has 0 aromatic heterocycles. The van der Waals surface area contributed by atoms with Crippen LogP contribution in [0.2, 0.25) is 0 Å². The van der Waals surface area contributed by atoms with Gasteiger partial charge in [0.1, 0.15) is 0 Å². The third-order valence-electron chi connectivity index (χ3n) is 4.68. The van der Waals surface area contributed by atoms with E-state index < -0.39 is 0 Å². The molecule has 0 saturated heterocycles. The zero-order valence-electron chi connectivity index (χ0n) is 15.3. The van der Waals surface area contributed by atoms with Gasteiger partial charge in [-0.15, -0.1) is 0 Å². The van der Waals surface area contributed by atoms with E-state index in [1.165, 1.54) is 19.3 Å². The zero-order valence-corrected chi connectivity index (χ0v) is 15.3. The number of hydrogen-bond acceptors (Lipinski definition) is 2. The highest BCUT2D eigenvalue weighted by Gasteiger charge is 2.22. The average Bonchev–Trinajstić information content (AvgIpc) is 2.55. The van der Waals surface area contributed by atoms with Crippen LogP contribution < -0.4 is 5.32 Å². The van der Waals surface area contributed by atoms with Gasteiger partial charge in [0.05, 0.1) is 0 Å².